The number of aliphatic hydroxyl groups is 1. The summed E-state index contributed by atoms with van der Waals surface area (Å²) in [5.74, 6) is -0.744. The number of ether oxygens (including phenoxy) is 1. The predicted molar refractivity (Wildman–Crippen MR) is 76.8 cm³/mol. The normalized spacial score (nSPS) is 26.1. The van der Waals surface area contributed by atoms with Crippen LogP contribution in [0, 0.1) is 11.8 Å². The minimum atomic E-state index is -0.806. The van der Waals surface area contributed by atoms with Crippen LogP contribution in [-0.2, 0) is 11.2 Å². The van der Waals surface area contributed by atoms with Crippen LogP contribution >= 0.6 is 15.9 Å². The molecule has 4 nitrogen and oxygen atoms in total. The van der Waals surface area contributed by atoms with Gasteiger partial charge in [0.2, 0.25) is 0 Å². The number of hydrogen-bond donors (Lipinski definition) is 2. The van der Waals surface area contributed by atoms with Crippen molar-refractivity contribution >= 4 is 21.9 Å². The molecule has 1 aliphatic heterocycles. The van der Waals surface area contributed by atoms with Crippen LogP contribution in [0.5, 0.6) is 5.75 Å². The third-order valence-electron chi connectivity index (χ3n) is 4.39. The molecule has 20 heavy (non-hydrogen) atoms. The van der Waals surface area contributed by atoms with Gasteiger partial charge in [-0.05, 0) is 30.5 Å². The molecule has 3 rings (SSSR count). The van der Waals surface area contributed by atoms with Crippen molar-refractivity contribution in [1.29, 1.82) is 0 Å². The summed E-state index contributed by atoms with van der Waals surface area (Å²) in [7, 11) is 0. The molecular formula is C15H17BrO4. The van der Waals surface area contributed by atoms with Crippen LogP contribution in [0.25, 0.3) is 0 Å². The van der Waals surface area contributed by atoms with Crippen molar-refractivity contribution in [3.05, 3.63) is 27.7 Å². The number of benzene rings is 1. The van der Waals surface area contributed by atoms with E-state index in [0.29, 0.717) is 13.0 Å². The molecule has 0 spiro atoms. The van der Waals surface area contributed by atoms with E-state index in [0.717, 1.165) is 40.6 Å². The van der Waals surface area contributed by atoms with E-state index in [2.05, 4.69) is 15.9 Å². The van der Waals surface area contributed by atoms with Gasteiger partial charge in [0.15, 0.2) is 0 Å². The second-order valence-electron chi connectivity index (χ2n) is 5.57. The molecule has 2 aliphatic rings. The van der Waals surface area contributed by atoms with Crippen molar-refractivity contribution < 1.29 is 19.7 Å². The Morgan fingerprint density at radius 2 is 2.20 bits per heavy atom. The smallest absolute Gasteiger partial charge is 0.306 e. The van der Waals surface area contributed by atoms with Crippen molar-refractivity contribution in [3.63, 3.8) is 0 Å². The quantitative estimate of drug-likeness (QED) is 0.887. The van der Waals surface area contributed by atoms with E-state index >= 15 is 0 Å². The van der Waals surface area contributed by atoms with Gasteiger partial charge in [0.25, 0.3) is 0 Å². The molecule has 3 unspecified atom stereocenters. The summed E-state index contributed by atoms with van der Waals surface area (Å²) in [5, 5.41) is 19.9. The Morgan fingerprint density at radius 3 is 2.95 bits per heavy atom. The number of carboxylic acids is 1. The lowest BCUT2D eigenvalue weighted by Crippen LogP contribution is -2.24. The molecule has 5 heteroatoms. The largest absolute Gasteiger partial charge is 0.493 e. The highest BCUT2D eigenvalue weighted by atomic mass is 79.9. The summed E-state index contributed by atoms with van der Waals surface area (Å²) in [4.78, 5) is 11.3. The average Bonchev–Trinajstić information content (AvgIpc) is 3.04. The molecule has 0 saturated heterocycles. The maximum absolute atomic E-state index is 11.3. The van der Waals surface area contributed by atoms with E-state index < -0.39 is 18.0 Å². The van der Waals surface area contributed by atoms with Gasteiger partial charge < -0.3 is 14.9 Å². The average molecular weight is 341 g/mol. The van der Waals surface area contributed by atoms with Crippen LogP contribution in [0.1, 0.15) is 36.5 Å². The molecule has 1 aromatic rings. The van der Waals surface area contributed by atoms with E-state index in [9.17, 15) is 15.0 Å². The van der Waals surface area contributed by atoms with Gasteiger partial charge in [-0.25, -0.2) is 0 Å². The Hall–Kier alpha value is -1.07. The number of halogens is 1. The van der Waals surface area contributed by atoms with Gasteiger partial charge in [-0.2, -0.15) is 0 Å². The fourth-order valence-corrected chi connectivity index (χ4v) is 3.94. The summed E-state index contributed by atoms with van der Waals surface area (Å²) in [6.45, 7) is 0.624. The van der Waals surface area contributed by atoms with E-state index in [1.54, 1.807) is 0 Å². The van der Waals surface area contributed by atoms with E-state index in [-0.39, 0.29) is 5.92 Å². The maximum atomic E-state index is 11.3. The van der Waals surface area contributed by atoms with E-state index in [4.69, 9.17) is 4.74 Å². The Morgan fingerprint density at radius 1 is 1.40 bits per heavy atom. The molecule has 1 aliphatic carbocycles. The maximum Gasteiger partial charge on any atom is 0.306 e. The van der Waals surface area contributed by atoms with E-state index in [1.165, 1.54) is 0 Å². The minimum Gasteiger partial charge on any atom is -0.493 e. The third-order valence-corrected chi connectivity index (χ3v) is 4.85. The Bertz CT molecular complexity index is 543. The first kappa shape index (κ1) is 13.9. The van der Waals surface area contributed by atoms with Crippen LogP contribution in [0.15, 0.2) is 16.6 Å². The molecule has 108 valence electrons. The molecular weight excluding hydrogens is 324 g/mol. The highest BCUT2D eigenvalue weighted by Crippen LogP contribution is 2.45. The van der Waals surface area contributed by atoms with Crippen molar-refractivity contribution in [1.82, 2.24) is 0 Å². The fourth-order valence-electron chi connectivity index (χ4n) is 3.42. The van der Waals surface area contributed by atoms with E-state index in [1.807, 2.05) is 12.1 Å². The number of carboxylic acid groups (broad SMARTS) is 1. The van der Waals surface area contributed by atoms with Crippen molar-refractivity contribution in [2.24, 2.45) is 11.8 Å². The van der Waals surface area contributed by atoms with Gasteiger partial charge >= 0.3 is 5.97 Å². The molecule has 1 saturated carbocycles. The molecule has 0 amide bonds. The second kappa shape index (κ2) is 5.37. The molecule has 1 fully saturated rings. The standard InChI is InChI=1S/C15H17BrO4/c16-9-6-8-4-5-20-14(8)12(7-9)13(17)10-2-1-3-11(10)15(18)19/h6-7,10-11,13,17H,1-5H2,(H,18,19). The number of aliphatic hydroxyl groups excluding tert-OH is 1. The number of hydrogen-bond acceptors (Lipinski definition) is 3. The van der Waals surface area contributed by atoms with Gasteiger partial charge in [-0.1, -0.05) is 22.4 Å². The number of fused-ring (bicyclic) bond motifs is 1. The highest BCUT2D eigenvalue weighted by Gasteiger charge is 2.39. The van der Waals surface area contributed by atoms with Crippen molar-refractivity contribution in [2.75, 3.05) is 6.61 Å². The molecule has 0 radical (unpaired) electrons. The summed E-state index contributed by atoms with van der Waals surface area (Å²) in [5.41, 5.74) is 1.81. The monoisotopic (exact) mass is 340 g/mol. The Labute approximate surface area is 125 Å². The molecule has 3 atom stereocenters. The zero-order valence-electron chi connectivity index (χ0n) is 11.0. The number of carbonyl (C=O) groups is 1. The van der Waals surface area contributed by atoms with Gasteiger partial charge in [0.1, 0.15) is 5.75 Å². The first-order chi connectivity index (χ1) is 9.58. The Kier molecular flexibility index (Phi) is 3.73. The summed E-state index contributed by atoms with van der Waals surface area (Å²) in [6, 6.07) is 3.86. The first-order valence-corrected chi connectivity index (χ1v) is 7.73. The lowest BCUT2D eigenvalue weighted by atomic mass is 9.86. The van der Waals surface area contributed by atoms with Gasteiger partial charge in [-0.15, -0.1) is 0 Å². The third kappa shape index (κ3) is 2.33. The molecule has 1 aromatic carbocycles. The summed E-state index contributed by atoms with van der Waals surface area (Å²) in [6.07, 6.45) is 2.31. The lowest BCUT2D eigenvalue weighted by Gasteiger charge is -2.24. The van der Waals surface area contributed by atoms with Crippen molar-refractivity contribution in [3.8, 4) is 5.75 Å². The second-order valence-corrected chi connectivity index (χ2v) is 6.48. The first-order valence-electron chi connectivity index (χ1n) is 6.94. The molecule has 1 heterocycles. The van der Waals surface area contributed by atoms with Gasteiger partial charge in [0, 0.05) is 22.4 Å². The lowest BCUT2D eigenvalue weighted by molar-refractivity contribution is -0.144. The van der Waals surface area contributed by atoms with Crippen LogP contribution in [0.2, 0.25) is 0 Å². The van der Waals surface area contributed by atoms with Crippen LogP contribution < -0.4 is 4.74 Å². The highest BCUT2D eigenvalue weighted by molar-refractivity contribution is 9.10. The summed E-state index contributed by atoms with van der Waals surface area (Å²) < 4.78 is 6.54. The number of aliphatic carboxylic acids is 1. The minimum absolute atomic E-state index is 0.227. The summed E-state index contributed by atoms with van der Waals surface area (Å²) >= 11 is 3.45. The number of rotatable bonds is 3. The molecule has 0 aromatic heterocycles. The predicted octanol–water partition coefficient (Wildman–Crippen LogP) is 2.92. The Balaban J connectivity index is 1.95. The van der Waals surface area contributed by atoms with Crippen molar-refractivity contribution in [2.45, 2.75) is 31.8 Å². The van der Waals surface area contributed by atoms with Gasteiger partial charge in [-0.3, -0.25) is 4.79 Å². The molecule has 0 bridgehead atoms. The van der Waals surface area contributed by atoms with Crippen LogP contribution in [-0.4, -0.2) is 22.8 Å². The van der Waals surface area contributed by atoms with Crippen LogP contribution in [0.4, 0.5) is 0 Å². The zero-order valence-corrected chi connectivity index (χ0v) is 12.6. The van der Waals surface area contributed by atoms with Crippen LogP contribution in [0.3, 0.4) is 0 Å². The SMILES string of the molecule is O=C(O)C1CCCC1C(O)c1cc(Br)cc2c1OCC2. The van der Waals surface area contributed by atoms with Gasteiger partial charge in [0.05, 0.1) is 18.6 Å². The zero-order chi connectivity index (χ0) is 14.3. The fraction of sp³-hybridized carbons (Fsp3) is 0.533. The topological polar surface area (TPSA) is 66.8 Å². The molecule has 2 N–H and O–H groups in total.